The minimum atomic E-state index is -1.70. The van der Waals surface area contributed by atoms with E-state index in [0.29, 0.717) is 0 Å². The van der Waals surface area contributed by atoms with E-state index in [9.17, 15) is 0 Å². The van der Waals surface area contributed by atoms with Crippen LogP contribution in [0.4, 0.5) is 34.1 Å². The van der Waals surface area contributed by atoms with Crippen molar-refractivity contribution in [1.29, 1.82) is 0 Å². The third-order valence-corrected chi connectivity index (χ3v) is 23.0. The van der Waals surface area contributed by atoms with Crippen LogP contribution < -0.4 is 46.9 Å². The van der Waals surface area contributed by atoms with Crippen molar-refractivity contribution in [1.82, 2.24) is 4.57 Å². The lowest BCUT2D eigenvalue weighted by molar-refractivity contribution is 1.18. The van der Waals surface area contributed by atoms with E-state index in [1.165, 1.54) is 110 Å². The Balaban J connectivity index is 1.20. The molecule has 3 nitrogen and oxygen atoms in total. The molecule has 0 amide bonds. The highest BCUT2D eigenvalue weighted by molar-refractivity contribution is 7.01. The first-order valence-corrected chi connectivity index (χ1v) is 38.6. The van der Waals surface area contributed by atoms with E-state index < -0.39 is 32.3 Å². The summed E-state index contributed by atoms with van der Waals surface area (Å²) in [5.74, 6) is 0. The quantitative estimate of drug-likeness (QED) is 0.141. The number of hydrogen-bond donors (Lipinski definition) is 0. The zero-order valence-corrected chi connectivity index (χ0v) is 46.1. The van der Waals surface area contributed by atoms with Gasteiger partial charge in [0.15, 0.2) is 0 Å². The maximum Gasteiger partial charge on any atom is 0.252 e. The maximum atomic E-state index is 2.63. The number of nitrogens with zero attached hydrogens (tertiary/aromatic N) is 3. The van der Waals surface area contributed by atoms with Crippen molar-refractivity contribution in [2.24, 2.45) is 0 Å². The molecule has 1 aromatic heterocycles. The van der Waals surface area contributed by atoms with Crippen molar-refractivity contribution in [2.45, 2.75) is 78.6 Å². The Morgan fingerprint density at radius 3 is 1.09 bits per heavy atom. The average molecular weight is 950 g/mol. The van der Waals surface area contributed by atoms with Crippen LogP contribution in [0.25, 0.3) is 38.6 Å². The first-order chi connectivity index (χ1) is 32.3. The van der Waals surface area contributed by atoms with Crippen molar-refractivity contribution in [2.75, 3.05) is 9.80 Å². The monoisotopic (exact) mass is 949 g/mol. The molecule has 9 aromatic rings. The molecule has 0 atom stereocenters. The zero-order chi connectivity index (χ0) is 47.7. The van der Waals surface area contributed by atoms with E-state index in [1.807, 2.05) is 0 Å². The van der Waals surface area contributed by atoms with E-state index in [0.717, 1.165) is 0 Å². The van der Waals surface area contributed by atoms with E-state index in [2.05, 4.69) is 263 Å². The lowest BCUT2D eigenvalue weighted by atomic mass is 9.33. The molecule has 0 spiro atoms. The van der Waals surface area contributed by atoms with Crippen LogP contribution in [0.15, 0.2) is 170 Å². The van der Waals surface area contributed by atoms with Crippen LogP contribution in [0, 0.1) is 0 Å². The van der Waals surface area contributed by atoms with Crippen LogP contribution in [0.5, 0.6) is 0 Å². The van der Waals surface area contributed by atoms with Gasteiger partial charge in [-0.15, -0.1) is 0 Å². The molecule has 0 saturated heterocycles. The lowest BCUT2D eigenvalue weighted by Gasteiger charge is -2.45. The van der Waals surface area contributed by atoms with Crippen LogP contribution in [-0.4, -0.2) is 43.6 Å². The Morgan fingerprint density at radius 2 is 0.691 bits per heavy atom. The normalized spacial score (nSPS) is 13.8. The second kappa shape index (κ2) is 15.8. The van der Waals surface area contributed by atoms with E-state index in [4.69, 9.17) is 0 Å². The van der Waals surface area contributed by atoms with Gasteiger partial charge in [-0.1, -0.05) is 196 Å². The highest BCUT2D eigenvalue weighted by Gasteiger charge is 2.44. The van der Waals surface area contributed by atoms with Crippen molar-refractivity contribution in [3.63, 3.8) is 0 Å². The van der Waals surface area contributed by atoms with Crippen molar-refractivity contribution < 1.29 is 0 Å². The molecular formula is C60H64BN3Si4. The number of aromatic nitrogens is 1. The summed E-state index contributed by atoms with van der Waals surface area (Å²) in [6, 6.07) is 66.4. The number of hydrogen-bond acceptors (Lipinski definition) is 2. The Kier molecular flexibility index (Phi) is 10.4. The standard InChI is InChI=1S/C60H64BN3Si4/c1-65(2,3)46-29-25-44(26-30-46)63-56-39-48(67(7,8)9)33-35-52(56)61-53-36-34-49(68(10,11)12)40-57(53)64(45-27-31-47(32-28-45)66(4,5)6)59-38-42(37-58(63)60(59)61)41-21-23-43(24-22-41)62-54-19-15-13-17-50(54)51-18-14-16-20-55(51)62/h13-40H,1-12H3. The molecule has 0 fully saturated rings. The predicted octanol–water partition coefficient (Wildman–Crippen LogP) is 12.7. The number of anilines is 6. The van der Waals surface area contributed by atoms with Crippen LogP contribution in [-0.2, 0) is 0 Å². The highest BCUT2D eigenvalue weighted by Crippen LogP contribution is 2.46. The van der Waals surface area contributed by atoms with Gasteiger partial charge in [0.05, 0.1) is 43.3 Å². The van der Waals surface area contributed by atoms with Gasteiger partial charge in [-0.25, -0.2) is 0 Å². The second-order valence-electron chi connectivity index (χ2n) is 23.6. The van der Waals surface area contributed by atoms with Crippen LogP contribution in [0.1, 0.15) is 0 Å². The topological polar surface area (TPSA) is 11.4 Å². The molecule has 8 aromatic carbocycles. The third-order valence-electron chi connectivity index (χ3n) is 14.8. The molecular weight excluding hydrogens is 886 g/mol. The first-order valence-electron chi connectivity index (χ1n) is 24.6. The summed E-state index contributed by atoms with van der Waals surface area (Å²) in [6.07, 6.45) is 0. The summed E-state index contributed by atoms with van der Waals surface area (Å²) < 4.78 is 2.42. The van der Waals surface area contributed by atoms with Crippen molar-refractivity contribution in [3.8, 4) is 16.8 Å². The van der Waals surface area contributed by atoms with E-state index >= 15 is 0 Å². The summed E-state index contributed by atoms with van der Waals surface area (Å²) in [7, 11) is -6.49. The molecule has 68 heavy (non-hydrogen) atoms. The number of rotatable bonds is 8. The molecule has 8 heteroatoms. The summed E-state index contributed by atoms with van der Waals surface area (Å²) in [6.45, 7) is 29.7. The first kappa shape index (κ1) is 44.6. The SMILES string of the molecule is C[Si](C)(C)c1ccc(N2c3cc([Si](C)(C)C)ccc3B3c4ccc([Si](C)(C)C)cc4N(c4ccc([Si](C)(C)C)cc4)c4cc(-c5ccc(-n6c7ccccc7c7ccccc76)cc5)cc2c43)cc1. The molecule has 3 heterocycles. The minimum absolute atomic E-state index is 0.0677. The Bertz CT molecular complexity index is 3240. The van der Waals surface area contributed by atoms with E-state index in [-0.39, 0.29) is 6.71 Å². The van der Waals surface area contributed by atoms with Crippen molar-refractivity contribution in [3.05, 3.63) is 170 Å². The molecule has 0 aliphatic carbocycles. The molecule has 11 rings (SSSR count). The van der Waals surface area contributed by atoms with Gasteiger partial charge in [-0.2, -0.15) is 0 Å². The van der Waals surface area contributed by atoms with Gasteiger partial charge in [0.1, 0.15) is 0 Å². The highest BCUT2D eigenvalue weighted by atomic mass is 28.3. The Labute approximate surface area is 409 Å². The maximum absolute atomic E-state index is 2.63. The summed E-state index contributed by atoms with van der Waals surface area (Å²) in [4.78, 5) is 5.26. The number of para-hydroxylation sites is 2. The summed E-state index contributed by atoms with van der Waals surface area (Å²) in [5.41, 5.74) is 17.8. The third kappa shape index (κ3) is 7.43. The largest absolute Gasteiger partial charge is 0.311 e. The summed E-state index contributed by atoms with van der Waals surface area (Å²) >= 11 is 0. The van der Waals surface area contributed by atoms with Gasteiger partial charge in [-0.05, 0) is 100 Å². The van der Waals surface area contributed by atoms with Gasteiger partial charge < -0.3 is 14.4 Å². The number of fused-ring (bicyclic) bond motifs is 7. The fourth-order valence-electron chi connectivity index (χ4n) is 10.9. The average Bonchev–Trinajstić information content (AvgIpc) is 3.64. The Hall–Kier alpha value is -5.91. The van der Waals surface area contributed by atoms with Crippen LogP contribution in [0.3, 0.4) is 0 Å². The fraction of sp³-hybridized carbons (Fsp3) is 0.200. The van der Waals surface area contributed by atoms with Crippen molar-refractivity contribution >= 4 is 132 Å². The van der Waals surface area contributed by atoms with Gasteiger partial charge in [-0.3, -0.25) is 0 Å². The smallest absolute Gasteiger partial charge is 0.252 e. The molecule has 0 bridgehead atoms. The lowest BCUT2D eigenvalue weighted by Crippen LogP contribution is -2.62. The fourth-order valence-corrected chi connectivity index (χ4v) is 15.5. The minimum Gasteiger partial charge on any atom is -0.311 e. The van der Waals surface area contributed by atoms with Gasteiger partial charge >= 0.3 is 0 Å². The van der Waals surface area contributed by atoms with Crippen LogP contribution >= 0.6 is 0 Å². The van der Waals surface area contributed by atoms with Gasteiger partial charge in [0, 0.05) is 50.6 Å². The molecule has 0 radical (unpaired) electrons. The van der Waals surface area contributed by atoms with E-state index in [1.54, 1.807) is 0 Å². The van der Waals surface area contributed by atoms with Gasteiger partial charge in [0.25, 0.3) is 6.71 Å². The number of benzene rings is 8. The van der Waals surface area contributed by atoms with Crippen LogP contribution in [0.2, 0.25) is 78.6 Å². The molecule has 0 saturated carbocycles. The molecule has 2 aliphatic heterocycles. The molecule has 338 valence electrons. The second-order valence-corrected chi connectivity index (χ2v) is 43.9. The predicted molar refractivity (Wildman–Crippen MR) is 312 cm³/mol. The summed E-state index contributed by atoms with van der Waals surface area (Å²) in [5, 5.41) is 8.48. The Morgan fingerprint density at radius 1 is 0.324 bits per heavy atom. The zero-order valence-electron chi connectivity index (χ0n) is 42.1. The molecule has 0 N–H and O–H groups in total. The molecule has 0 unspecified atom stereocenters. The molecule has 2 aliphatic rings. The van der Waals surface area contributed by atoms with Gasteiger partial charge in [0.2, 0.25) is 0 Å².